The van der Waals surface area contributed by atoms with Crippen LogP contribution in [0, 0.1) is 10.8 Å². The number of rotatable bonds is 10. The quantitative estimate of drug-likeness (QED) is 0.231. The molecule has 0 fully saturated rings. The summed E-state index contributed by atoms with van der Waals surface area (Å²) in [6.07, 6.45) is 3.12. The minimum Gasteiger partial charge on any atom is -0.490 e. The molecule has 6 rings (SSSR count). The van der Waals surface area contributed by atoms with E-state index in [0.717, 1.165) is 47.4 Å². The average Bonchev–Trinajstić information content (AvgIpc) is 3.03. The van der Waals surface area contributed by atoms with Crippen LogP contribution in [0.4, 0.5) is 5.69 Å². The van der Waals surface area contributed by atoms with Crippen LogP contribution in [0.2, 0.25) is 5.02 Å². The number of hydrogen-bond donors (Lipinski definition) is 1. The van der Waals surface area contributed by atoms with Crippen LogP contribution in [0.25, 0.3) is 0 Å². The fourth-order valence-electron chi connectivity index (χ4n) is 7.50. The van der Waals surface area contributed by atoms with E-state index in [1.807, 2.05) is 37.3 Å². The number of carbonyl (C=O) groups excluding carboxylic acids is 3. The predicted molar refractivity (Wildman–Crippen MR) is 193 cm³/mol. The number of nitrogens with zero attached hydrogens (tertiary/aromatic N) is 1. The Morgan fingerprint density at radius 1 is 0.816 bits per heavy atom. The van der Waals surface area contributed by atoms with Gasteiger partial charge < -0.3 is 19.7 Å². The highest BCUT2D eigenvalue weighted by Crippen LogP contribution is 2.55. The summed E-state index contributed by atoms with van der Waals surface area (Å²) in [5.41, 5.74) is 5.72. The number of halogens is 1. The van der Waals surface area contributed by atoms with Crippen LogP contribution in [0.15, 0.2) is 95.3 Å². The maximum atomic E-state index is 14.3. The summed E-state index contributed by atoms with van der Waals surface area (Å²) in [6.45, 7) is 11.3. The van der Waals surface area contributed by atoms with Crippen molar-refractivity contribution in [3.63, 3.8) is 0 Å². The van der Waals surface area contributed by atoms with Gasteiger partial charge in [-0.15, -0.1) is 0 Å². The third-order valence-electron chi connectivity index (χ3n) is 9.58. The average molecular weight is 681 g/mol. The van der Waals surface area contributed by atoms with Gasteiger partial charge in [-0.2, -0.15) is 0 Å². The Labute approximate surface area is 294 Å². The lowest BCUT2D eigenvalue weighted by atomic mass is 9.63. The van der Waals surface area contributed by atoms with Crippen LogP contribution in [-0.2, 0) is 20.8 Å². The number of Topliss-reactive ketones (excluding diaryl/α,β-unsaturated/α-hetero) is 2. The van der Waals surface area contributed by atoms with Crippen molar-refractivity contribution in [1.82, 2.24) is 4.90 Å². The highest BCUT2D eigenvalue weighted by molar-refractivity contribution is 6.30. The molecule has 2 aliphatic carbocycles. The maximum absolute atomic E-state index is 14.3. The highest BCUT2D eigenvalue weighted by atomic mass is 35.5. The van der Waals surface area contributed by atoms with E-state index in [4.69, 9.17) is 21.1 Å². The number of ketones is 2. The molecule has 0 bridgehead atoms. The molecule has 0 radical (unpaired) electrons. The van der Waals surface area contributed by atoms with E-state index >= 15 is 0 Å². The first kappa shape index (κ1) is 34.5. The molecular weight excluding hydrogens is 636 g/mol. The van der Waals surface area contributed by atoms with Gasteiger partial charge in [0.05, 0.1) is 6.61 Å². The minimum absolute atomic E-state index is 0.0855. The van der Waals surface area contributed by atoms with Gasteiger partial charge in [0.1, 0.15) is 0 Å². The molecule has 256 valence electrons. The van der Waals surface area contributed by atoms with Crippen LogP contribution < -0.4 is 14.8 Å². The maximum Gasteiger partial charge on any atom is 0.262 e. The highest BCUT2D eigenvalue weighted by Gasteiger charge is 2.49. The fraction of sp³-hybridized carbons (Fsp3) is 0.390. The van der Waals surface area contributed by atoms with Crippen LogP contribution in [0.3, 0.4) is 0 Å². The Kier molecular flexibility index (Phi) is 9.76. The summed E-state index contributed by atoms with van der Waals surface area (Å²) < 4.78 is 12.0. The molecule has 8 heteroatoms. The lowest BCUT2D eigenvalue weighted by molar-refractivity contribution is -0.120. The van der Waals surface area contributed by atoms with Crippen molar-refractivity contribution in [3.8, 4) is 11.5 Å². The molecule has 49 heavy (non-hydrogen) atoms. The first-order valence-electron chi connectivity index (χ1n) is 17.1. The first-order valence-corrected chi connectivity index (χ1v) is 17.5. The topological polar surface area (TPSA) is 84.9 Å². The second kappa shape index (κ2) is 13.9. The minimum atomic E-state index is -0.508. The van der Waals surface area contributed by atoms with Crippen LogP contribution >= 0.6 is 11.6 Å². The summed E-state index contributed by atoms with van der Waals surface area (Å²) in [4.78, 5) is 43.6. The molecular formula is C41H45ClN2O5. The van der Waals surface area contributed by atoms with Crippen molar-refractivity contribution in [3.05, 3.63) is 111 Å². The molecule has 0 saturated heterocycles. The molecule has 3 aromatic rings. The third kappa shape index (κ3) is 7.62. The van der Waals surface area contributed by atoms with Gasteiger partial charge in [0.15, 0.2) is 29.7 Å². The number of ether oxygens (including phenoxy) is 2. The van der Waals surface area contributed by atoms with E-state index in [-0.39, 0.29) is 34.9 Å². The van der Waals surface area contributed by atoms with E-state index in [0.29, 0.717) is 48.2 Å². The Morgan fingerprint density at radius 3 is 2.02 bits per heavy atom. The summed E-state index contributed by atoms with van der Waals surface area (Å²) in [5, 5.41) is 3.39. The third-order valence-corrected chi connectivity index (χ3v) is 9.83. The normalized spacial score (nSPS) is 18.6. The van der Waals surface area contributed by atoms with Crippen molar-refractivity contribution >= 4 is 34.8 Å². The van der Waals surface area contributed by atoms with Gasteiger partial charge in [-0.25, -0.2) is 0 Å². The molecule has 3 aliphatic rings. The largest absolute Gasteiger partial charge is 0.490 e. The second-order valence-corrected chi connectivity index (χ2v) is 15.3. The van der Waals surface area contributed by atoms with Crippen molar-refractivity contribution in [2.45, 2.75) is 72.6 Å². The smallest absolute Gasteiger partial charge is 0.262 e. The Balaban J connectivity index is 1.38. The summed E-state index contributed by atoms with van der Waals surface area (Å²) in [7, 11) is 0. The fourth-order valence-corrected chi connectivity index (χ4v) is 7.63. The lowest BCUT2D eigenvalue weighted by Gasteiger charge is -2.49. The van der Waals surface area contributed by atoms with Gasteiger partial charge in [-0.1, -0.05) is 75.7 Å². The number of nitrogens with one attached hydrogen (secondary N) is 1. The number of hydrogen-bond acceptors (Lipinski definition) is 6. The molecule has 7 nitrogen and oxygen atoms in total. The second-order valence-electron chi connectivity index (χ2n) is 14.9. The molecule has 1 aliphatic heterocycles. The van der Waals surface area contributed by atoms with Crippen molar-refractivity contribution in [2.75, 3.05) is 25.1 Å². The van der Waals surface area contributed by atoms with Crippen LogP contribution in [0.1, 0.15) is 77.3 Å². The lowest BCUT2D eigenvalue weighted by Crippen LogP contribution is -2.45. The van der Waals surface area contributed by atoms with Gasteiger partial charge in [-0.05, 0) is 84.5 Å². The Hall–Kier alpha value is -4.36. The zero-order valence-corrected chi connectivity index (χ0v) is 29.8. The molecule has 3 aromatic carbocycles. The first-order chi connectivity index (χ1) is 23.3. The molecule has 0 saturated carbocycles. The van der Waals surface area contributed by atoms with Crippen molar-refractivity contribution in [1.29, 1.82) is 0 Å². The Morgan fingerprint density at radius 2 is 1.43 bits per heavy atom. The standard InChI is InChI=1S/C41H45ClN2O5/c1-6-48-35-20-27(12-17-34(35)49-25-36(47)43-29-15-13-28(42)14-16-29)37-38-30(21-40(2,3)23-32(38)45)44(19-18-26-10-8-7-9-11-26)31-22-41(4,5)24-33(46)39(31)37/h7-17,20,37H,6,18-19,21-25H2,1-5H3,(H,43,47). The predicted octanol–water partition coefficient (Wildman–Crippen LogP) is 8.68. The molecule has 1 amide bonds. The van der Waals surface area contributed by atoms with Gasteiger partial charge in [-0.3, -0.25) is 14.4 Å². The molecule has 1 heterocycles. The zero-order chi connectivity index (χ0) is 34.9. The summed E-state index contributed by atoms with van der Waals surface area (Å²) in [5.74, 6) is 0.207. The number of benzene rings is 3. The van der Waals surface area contributed by atoms with Crippen molar-refractivity contribution in [2.24, 2.45) is 10.8 Å². The number of allylic oxidation sites excluding steroid dienone is 4. The van der Waals surface area contributed by atoms with E-state index in [9.17, 15) is 14.4 Å². The monoisotopic (exact) mass is 680 g/mol. The molecule has 0 spiro atoms. The van der Waals surface area contributed by atoms with Crippen molar-refractivity contribution < 1.29 is 23.9 Å². The van der Waals surface area contributed by atoms with E-state index in [1.54, 1.807) is 30.3 Å². The molecule has 0 atom stereocenters. The molecule has 0 aromatic heterocycles. The summed E-state index contributed by atoms with van der Waals surface area (Å²) in [6, 6.07) is 22.8. The Bertz CT molecular complexity index is 1770. The van der Waals surface area contributed by atoms with E-state index in [1.165, 1.54) is 5.56 Å². The SMILES string of the molecule is CCOc1cc(C2C3=C(CC(C)(C)CC3=O)N(CCc3ccccc3)C3=C2C(=O)CC(C)(C)C3)ccc1OCC(=O)Nc1ccc(Cl)cc1. The molecule has 0 unspecified atom stereocenters. The number of amides is 1. The van der Waals surface area contributed by atoms with Crippen LogP contribution in [0.5, 0.6) is 11.5 Å². The van der Waals surface area contributed by atoms with E-state index in [2.05, 4.69) is 50.0 Å². The number of anilines is 1. The van der Waals surface area contributed by atoms with Gasteiger partial charge in [0, 0.05) is 58.6 Å². The number of carbonyl (C=O) groups is 3. The van der Waals surface area contributed by atoms with Gasteiger partial charge in [0.2, 0.25) is 0 Å². The van der Waals surface area contributed by atoms with Gasteiger partial charge in [0.25, 0.3) is 5.91 Å². The zero-order valence-electron chi connectivity index (χ0n) is 29.0. The van der Waals surface area contributed by atoms with E-state index < -0.39 is 5.92 Å². The summed E-state index contributed by atoms with van der Waals surface area (Å²) >= 11 is 5.97. The van der Waals surface area contributed by atoms with Crippen LogP contribution in [-0.4, -0.2) is 42.1 Å². The molecule has 1 N–H and O–H groups in total. The van der Waals surface area contributed by atoms with Gasteiger partial charge >= 0.3 is 0 Å².